The van der Waals surface area contributed by atoms with Gasteiger partial charge in [0.2, 0.25) is 0 Å². The molecule has 0 heterocycles. The summed E-state index contributed by atoms with van der Waals surface area (Å²) in [6.07, 6.45) is 1.28. The van der Waals surface area contributed by atoms with Gasteiger partial charge in [0.1, 0.15) is 0 Å². The molecule has 1 amide bonds. The molecule has 98 valence electrons. The minimum absolute atomic E-state index is 0.115. The van der Waals surface area contributed by atoms with Gasteiger partial charge in [-0.25, -0.2) is 0 Å². The number of carbonyl (C=O) groups excluding carboxylic acids is 1. The third-order valence-corrected chi connectivity index (χ3v) is 2.71. The van der Waals surface area contributed by atoms with E-state index < -0.39 is 5.97 Å². The fraction of sp³-hybridized carbons (Fsp3) is 0.333. The zero-order valence-electron chi connectivity index (χ0n) is 9.78. The number of unbranched alkanes of at least 4 members (excludes halogenated alkanes) is 1. The second kappa shape index (κ2) is 6.86. The summed E-state index contributed by atoms with van der Waals surface area (Å²) < 4.78 is 0. The first kappa shape index (κ1) is 14.3. The van der Waals surface area contributed by atoms with Crippen molar-refractivity contribution in [3.8, 4) is 0 Å². The number of carboxylic acids is 1. The minimum atomic E-state index is -0.827. The van der Waals surface area contributed by atoms with E-state index in [2.05, 4.69) is 5.32 Å². The van der Waals surface area contributed by atoms with Crippen molar-refractivity contribution < 1.29 is 14.7 Å². The molecule has 1 rings (SSSR count). The summed E-state index contributed by atoms with van der Waals surface area (Å²) in [5.41, 5.74) is 6.39. The van der Waals surface area contributed by atoms with Crippen LogP contribution in [0.2, 0.25) is 5.02 Å². The molecular formula is C12H15ClN2O3. The number of nitrogen functional groups attached to an aromatic ring is 1. The molecule has 0 fully saturated rings. The Labute approximate surface area is 110 Å². The molecule has 0 unspecified atom stereocenters. The van der Waals surface area contributed by atoms with E-state index in [1.54, 1.807) is 12.1 Å². The number of rotatable bonds is 6. The van der Waals surface area contributed by atoms with Gasteiger partial charge in [-0.05, 0) is 31.0 Å². The van der Waals surface area contributed by atoms with Crippen LogP contribution in [-0.2, 0) is 4.79 Å². The van der Waals surface area contributed by atoms with Gasteiger partial charge in [-0.2, -0.15) is 0 Å². The average Bonchev–Trinajstić information content (AvgIpc) is 2.31. The summed E-state index contributed by atoms with van der Waals surface area (Å²) >= 11 is 5.75. The molecule has 4 N–H and O–H groups in total. The highest BCUT2D eigenvalue weighted by Gasteiger charge is 2.06. The van der Waals surface area contributed by atoms with Crippen LogP contribution in [0.1, 0.15) is 29.6 Å². The topological polar surface area (TPSA) is 92.4 Å². The van der Waals surface area contributed by atoms with Gasteiger partial charge in [-0.15, -0.1) is 0 Å². The number of halogens is 1. The summed E-state index contributed by atoms with van der Waals surface area (Å²) in [4.78, 5) is 22.0. The summed E-state index contributed by atoms with van der Waals surface area (Å²) in [5.74, 6) is -1.07. The first-order valence-electron chi connectivity index (χ1n) is 5.55. The monoisotopic (exact) mass is 270 g/mol. The van der Waals surface area contributed by atoms with Crippen molar-refractivity contribution in [3.63, 3.8) is 0 Å². The number of benzene rings is 1. The lowest BCUT2D eigenvalue weighted by Gasteiger charge is -2.06. The molecule has 0 saturated carbocycles. The van der Waals surface area contributed by atoms with Gasteiger partial charge in [0.05, 0.1) is 10.7 Å². The Morgan fingerprint density at radius 2 is 2.06 bits per heavy atom. The summed E-state index contributed by atoms with van der Waals surface area (Å²) in [5, 5.41) is 11.5. The maximum atomic E-state index is 11.7. The second-order valence-electron chi connectivity index (χ2n) is 3.84. The number of carbonyl (C=O) groups is 2. The number of anilines is 1. The van der Waals surface area contributed by atoms with E-state index >= 15 is 0 Å². The van der Waals surface area contributed by atoms with Gasteiger partial charge in [0, 0.05) is 18.5 Å². The second-order valence-corrected chi connectivity index (χ2v) is 4.25. The van der Waals surface area contributed by atoms with Crippen molar-refractivity contribution in [2.75, 3.05) is 12.3 Å². The number of nitrogens with one attached hydrogen (secondary N) is 1. The molecule has 0 aromatic heterocycles. The van der Waals surface area contributed by atoms with Crippen LogP contribution in [0, 0.1) is 0 Å². The molecule has 6 heteroatoms. The third kappa shape index (κ3) is 4.63. The maximum absolute atomic E-state index is 11.7. The van der Waals surface area contributed by atoms with E-state index in [1.807, 2.05) is 0 Å². The standard InChI is InChI=1S/C12H15ClN2O3/c13-9-5-4-8(7-10(9)14)12(18)15-6-2-1-3-11(16)17/h4-5,7H,1-3,6,14H2,(H,15,18)(H,16,17). The fourth-order valence-corrected chi connectivity index (χ4v) is 1.51. The lowest BCUT2D eigenvalue weighted by Crippen LogP contribution is -2.24. The number of hydrogen-bond acceptors (Lipinski definition) is 3. The van der Waals surface area contributed by atoms with Gasteiger partial charge < -0.3 is 16.2 Å². The highest BCUT2D eigenvalue weighted by atomic mass is 35.5. The van der Waals surface area contributed by atoms with E-state index in [0.717, 1.165) is 0 Å². The predicted octanol–water partition coefficient (Wildman–Crippen LogP) is 1.91. The highest BCUT2D eigenvalue weighted by Crippen LogP contribution is 2.19. The molecule has 0 aliphatic heterocycles. The lowest BCUT2D eigenvalue weighted by molar-refractivity contribution is -0.137. The molecule has 0 radical (unpaired) electrons. The van der Waals surface area contributed by atoms with Gasteiger partial charge >= 0.3 is 5.97 Å². The van der Waals surface area contributed by atoms with E-state index in [4.69, 9.17) is 22.4 Å². The molecule has 1 aromatic rings. The predicted molar refractivity (Wildman–Crippen MR) is 69.7 cm³/mol. The Kier molecular flexibility index (Phi) is 5.45. The fourth-order valence-electron chi connectivity index (χ4n) is 1.39. The van der Waals surface area contributed by atoms with Gasteiger partial charge in [-0.1, -0.05) is 11.6 Å². The van der Waals surface area contributed by atoms with Crippen LogP contribution in [0.4, 0.5) is 5.69 Å². The van der Waals surface area contributed by atoms with Crippen LogP contribution in [0.3, 0.4) is 0 Å². The van der Waals surface area contributed by atoms with E-state index in [9.17, 15) is 9.59 Å². The summed E-state index contributed by atoms with van der Waals surface area (Å²) in [7, 11) is 0. The van der Waals surface area contributed by atoms with Crippen LogP contribution < -0.4 is 11.1 Å². The number of amides is 1. The molecule has 18 heavy (non-hydrogen) atoms. The van der Waals surface area contributed by atoms with Crippen molar-refractivity contribution in [2.45, 2.75) is 19.3 Å². The molecular weight excluding hydrogens is 256 g/mol. The van der Waals surface area contributed by atoms with E-state index in [-0.39, 0.29) is 12.3 Å². The van der Waals surface area contributed by atoms with Gasteiger partial charge in [0.25, 0.3) is 5.91 Å². The van der Waals surface area contributed by atoms with Crippen molar-refractivity contribution in [2.24, 2.45) is 0 Å². The quantitative estimate of drug-likeness (QED) is 0.544. The van der Waals surface area contributed by atoms with Gasteiger partial charge in [0.15, 0.2) is 0 Å². The van der Waals surface area contributed by atoms with Gasteiger partial charge in [-0.3, -0.25) is 9.59 Å². The molecule has 0 atom stereocenters. The molecule has 0 aliphatic rings. The van der Waals surface area contributed by atoms with Crippen molar-refractivity contribution >= 4 is 29.2 Å². The molecule has 0 saturated heterocycles. The summed E-state index contributed by atoms with van der Waals surface area (Å²) in [6, 6.07) is 4.66. The lowest BCUT2D eigenvalue weighted by atomic mass is 10.2. The Morgan fingerprint density at radius 1 is 1.33 bits per heavy atom. The number of nitrogens with two attached hydrogens (primary N) is 1. The van der Waals surface area contributed by atoms with Crippen LogP contribution >= 0.6 is 11.6 Å². The molecule has 1 aromatic carbocycles. The zero-order valence-corrected chi connectivity index (χ0v) is 10.5. The third-order valence-electron chi connectivity index (χ3n) is 2.36. The number of hydrogen-bond donors (Lipinski definition) is 3. The average molecular weight is 271 g/mol. The molecule has 0 bridgehead atoms. The highest BCUT2D eigenvalue weighted by molar-refractivity contribution is 6.33. The van der Waals surface area contributed by atoms with Crippen LogP contribution in [0.25, 0.3) is 0 Å². The van der Waals surface area contributed by atoms with Crippen LogP contribution in [0.15, 0.2) is 18.2 Å². The van der Waals surface area contributed by atoms with Crippen molar-refractivity contribution in [1.82, 2.24) is 5.32 Å². The minimum Gasteiger partial charge on any atom is -0.481 e. The molecule has 5 nitrogen and oxygen atoms in total. The number of aliphatic carboxylic acids is 1. The molecule has 0 aliphatic carbocycles. The first-order valence-corrected chi connectivity index (χ1v) is 5.93. The number of carboxylic acid groups (broad SMARTS) is 1. The van der Waals surface area contributed by atoms with Crippen molar-refractivity contribution in [1.29, 1.82) is 0 Å². The SMILES string of the molecule is Nc1cc(C(=O)NCCCCC(=O)O)ccc1Cl. The zero-order chi connectivity index (χ0) is 13.5. The molecule has 0 spiro atoms. The summed E-state index contributed by atoms with van der Waals surface area (Å²) in [6.45, 7) is 0.439. The Morgan fingerprint density at radius 3 is 2.67 bits per heavy atom. The Hall–Kier alpha value is -1.75. The Bertz CT molecular complexity index is 449. The largest absolute Gasteiger partial charge is 0.481 e. The van der Waals surface area contributed by atoms with E-state index in [1.165, 1.54) is 6.07 Å². The Balaban J connectivity index is 2.36. The first-order chi connectivity index (χ1) is 8.50. The van der Waals surface area contributed by atoms with Crippen molar-refractivity contribution in [3.05, 3.63) is 28.8 Å². The van der Waals surface area contributed by atoms with E-state index in [0.29, 0.717) is 35.7 Å². The smallest absolute Gasteiger partial charge is 0.303 e. The maximum Gasteiger partial charge on any atom is 0.303 e. The van der Waals surface area contributed by atoms with Crippen LogP contribution in [0.5, 0.6) is 0 Å². The normalized spacial score (nSPS) is 10.1. The van der Waals surface area contributed by atoms with Crippen LogP contribution in [-0.4, -0.2) is 23.5 Å².